The highest BCUT2D eigenvalue weighted by Gasteiger charge is 2.08. The number of aryl methyl sites for hydroxylation is 1. The second kappa shape index (κ2) is 7.60. The van der Waals surface area contributed by atoms with Crippen LogP contribution in [-0.4, -0.2) is 20.7 Å². The van der Waals surface area contributed by atoms with E-state index in [-0.39, 0.29) is 5.91 Å². The number of nitrogens with one attached hydrogen (secondary N) is 1. The number of carbonyl (C=O) groups is 1. The maximum absolute atomic E-state index is 12.1. The Bertz CT molecular complexity index is 759. The Hall–Kier alpha value is -2.60. The van der Waals surface area contributed by atoms with Gasteiger partial charge in [-0.15, -0.1) is 0 Å². The minimum absolute atomic E-state index is 0.0402. The number of hydrogen-bond donors (Lipinski definition) is 1. The molecule has 0 spiro atoms. The number of nitrogens with zero attached hydrogens (tertiary/aromatic N) is 3. The van der Waals surface area contributed by atoms with Crippen LogP contribution in [0.15, 0.2) is 77.0 Å². The summed E-state index contributed by atoms with van der Waals surface area (Å²) in [5, 5.41) is 6.96. The molecule has 1 amide bonds. The van der Waals surface area contributed by atoms with Crippen LogP contribution in [0.25, 0.3) is 0 Å². The van der Waals surface area contributed by atoms with Gasteiger partial charge in [0.15, 0.2) is 0 Å². The van der Waals surface area contributed by atoms with E-state index in [0.29, 0.717) is 13.0 Å². The Kier molecular flexibility index (Phi) is 5.06. The fourth-order valence-corrected chi connectivity index (χ4v) is 2.97. The molecule has 1 aromatic heterocycles. The van der Waals surface area contributed by atoms with Gasteiger partial charge in [-0.1, -0.05) is 42.1 Å². The first kappa shape index (κ1) is 15.3. The molecule has 0 radical (unpaired) electrons. The molecule has 0 saturated carbocycles. The first-order valence-corrected chi connectivity index (χ1v) is 8.07. The van der Waals surface area contributed by atoms with E-state index in [0.717, 1.165) is 15.5 Å². The van der Waals surface area contributed by atoms with Gasteiger partial charge in [-0.05, 0) is 24.3 Å². The average Bonchev–Trinajstić information content (AvgIpc) is 3.09. The molecule has 0 unspecified atom stereocenters. The molecule has 5 nitrogen and oxygen atoms in total. The molecule has 6 heteroatoms. The van der Waals surface area contributed by atoms with Gasteiger partial charge in [-0.25, -0.2) is 4.98 Å². The van der Waals surface area contributed by atoms with Crippen molar-refractivity contribution in [3.05, 3.63) is 67.3 Å². The van der Waals surface area contributed by atoms with Crippen molar-refractivity contribution in [1.29, 1.82) is 0 Å². The first-order chi connectivity index (χ1) is 11.3. The second-order valence-corrected chi connectivity index (χ2v) is 5.98. The van der Waals surface area contributed by atoms with Gasteiger partial charge >= 0.3 is 0 Å². The van der Waals surface area contributed by atoms with E-state index < -0.39 is 0 Å². The Morgan fingerprint density at radius 1 is 1.09 bits per heavy atom. The van der Waals surface area contributed by atoms with Crippen molar-refractivity contribution >= 4 is 23.4 Å². The van der Waals surface area contributed by atoms with Gasteiger partial charge in [0.25, 0.3) is 0 Å². The van der Waals surface area contributed by atoms with Crippen LogP contribution in [0.1, 0.15) is 6.42 Å². The maximum Gasteiger partial charge on any atom is 0.226 e. The van der Waals surface area contributed by atoms with Gasteiger partial charge in [0.2, 0.25) is 5.91 Å². The number of benzene rings is 2. The lowest BCUT2D eigenvalue weighted by Crippen LogP contribution is -2.15. The van der Waals surface area contributed by atoms with E-state index in [4.69, 9.17) is 0 Å². The van der Waals surface area contributed by atoms with Crippen LogP contribution in [0.4, 0.5) is 5.69 Å². The molecule has 0 aliphatic carbocycles. The van der Waals surface area contributed by atoms with Crippen molar-refractivity contribution in [2.45, 2.75) is 22.8 Å². The monoisotopic (exact) mass is 324 g/mol. The van der Waals surface area contributed by atoms with Crippen molar-refractivity contribution in [1.82, 2.24) is 14.8 Å². The van der Waals surface area contributed by atoms with Gasteiger partial charge in [0.1, 0.15) is 12.7 Å². The normalized spacial score (nSPS) is 10.4. The molecule has 3 aromatic rings. The van der Waals surface area contributed by atoms with Crippen molar-refractivity contribution < 1.29 is 4.79 Å². The van der Waals surface area contributed by atoms with Crippen molar-refractivity contribution in [3.63, 3.8) is 0 Å². The van der Waals surface area contributed by atoms with Crippen LogP contribution in [0, 0.1) is 0 Å². The van der Waals surface area contributed by atoms with Crippen LogP contribution >= 0.6 is 11.8 Å². The van der Waals surface area contributed by atoms with Crippen LogP contribution in [-0.2, 0) is 11.3 Å². The smallest absolute Gasteiger partial charge is 0.226 e. The van der Waals surface area contributed by atoms with Crippen LogP contribution in [0.5, 0.6) is 0 Å². The van der Waals surface area contributed by atoms with E-state index in [2.05, 4.69) is 15.4 Å². The third kappa shape index (κ3) is 4.43. The zero-order chi connectivity index (χ0) is 15.9. The lowest BCUT2D eigenvalue weighted by molar-refractivity contribution is -0.116. The summed E-state index contributed by atoms with van der Waals surface area (Å²) in [6, 6.07) is 17.9. The number of rotatable bonds is 6. The lowest BCUT2D eigenvalue weighted by atomic mass is 10.3. The van der Waals surface area contributed by atoms with Gasteiger partial charge in [0, 0.05) is 16.2 Å². The quantitative estimate of drug-likeness (QED) is 0.754. The highest BCUT2D eigenvalue weighted by Crippen LogP contribution is 2.33. The molecular weight excluding hydrogens is 308 g/mol. The minimum atomic E-state index is -0.0402. The first-order valence-electron chi connectivity index (χ1n) is 7.25. The van der Waals surface area contributed by atoms with E-state index in [9.17, 15) is 4.79 Å². The largest absolute Gasteiger partial charge is 0.325 e. The molecule has 23 heavy (non-hydrogen) atoms. The summed E-state index contributed by atoms with van der Waals surface area (Å²) in [5.41, 5.74) is 0.824. The van der Waals surface area contributed by atoms with E-state index in [1.165, 1.54) is 6.33 Å². The zero-order valence-electron chi connectivity index (χ0n) is 12.4. The molecule has 116 valence electrons. The summed E-state index contributed by atoms with van der Waals surface area (Å²) >= 11 is 1.63. The molecule has 0 bridgehead atoms. The summed E-state index contributed by atoms with van der Waals surface area (Å²) in [4.78, 5) is 18.1. The SMILES string of the molecule is O=C(CCn1cncn1)Nc1ccccc1Sc1ccccc1. The Morgan fingerprint density at radius 3 is 2.65 bits per heavy atom. The van der Waals surface area contributed by atoms with Crippen LogP contribution in [0.2, 0.25) is 0 Å². The summed E-state index contributed by atoms with van der Waals surface area (Å²) in [6.07, 6.45) is 3.42. The van der Waals surface area contributed by atoms with Crippen molar-refractivity contribution in [3.8, 4) is 0 Å². The van der Waals surface area contributed by atoms with Gasteiger partial charge in [-0.3, -0.25) is 9.48 Å². The fourth-order valence-electron chi connectivity index (χ4n) is 2.05. The maximum atomic E-state index is 12.1. The highest BCUT2D eigenvalue weighted by atomic mass is 32.2. The van der Waals surface area contributed by atoms with Gasteiger partial charge in [-0.2, -0.15) is 5.10 Å². The van der Waals surface area contributed by atoms with E-state index in [1.54, 1.807) is 22.8 Å². The third-order valence-electron chi connectivity index (χ3n) is 3.17. The lowest BCUT2D eigenvalue weighted by Gasteiger charge is -2.10. The summed E-state index contributed by atoms with van der Waals surface area (Å²) in [5.74, 6) is -0.0402. The van der Waals surface area contributed by atoms with E-state index in [1.807, 2.05) is 54.6 Å². The molecule has 3 rings (SSSR count). The standard InChI is InChI=1S/C17H16N4OS/c22-17(10-11-21-13-18-12-19-21)20-15-8-4-5-9-16(15)23-14-6-2-1-3-7-14/h1-9,12-13H,10-11H2,(H,20,22). The number of para-hydroxylation sites is 1. The second-order valence-electron chi connectivity index (χ2n) is 4.87. The highest BCUT2D eigenvalue weighted by molar-refractivity contribution is 7.99. The van der Waals surface area contributed by atoms with Crippen molar-refractivity contribution in [2.75, 3.05) is 5.32 Å². The molecule has 0 atom stereocenters. The van der Waals surface area contributed by atoms with Crippen molar-refractivity contribution in [2.24, 2.45) is 0 Å². The summed E-state index contributed by atoms with van der Waals surface area (Å²) in [6.45, 7) is 0.514. The van der Waals surface area contributed by atoms with E-state index >= 15 is 0 Å². The number of anilines is 1. The zero-order valence-corrected chi connectivity index (χ0v) is 13.2. The molecule has 1 N–H and O–H groups in total. The fraction of sp³-hybridized carbons (Fsp3) is 0.118. The Balaban J connectivity index is 1.64. The molecule has 0 fully saturated rings. The number of hydrogen-bond acceptors (Lipinski definition) is 4. The molecule has 2 aromatic carbocycles. The van der Waals surface area contributed by atoms with Gasteiger partial charge in [0.05, 0.1) is 12.2 Å². The minimum Gasteiger partial charge on any atom is -0.325 e. The van der Waals surface area contributed by atoms with Crippen LogP contribution in [0.3, 0.4) is 0 Å². The number of carbonyl (C=O) groups excluding carboxylic acids is 1. The molecule has 0 saturated heterocycles. The molecule has 0 aliphatic heterocycles. The summed E-state index contributed by atoms with van der Waals surface area (Å²) < 4.78 is 1.64. The van der Waals surface area contributed by atoms with Gasteiger partial charge < -0.3 is 5.32 Å². The topological polar surface area (TPSA) is 59.8 Å². The van der Waals surface area contributed by atoms with Crippen LogP contribution < -0.4 is 5.32 Å². The summed E-state index contributed by atoms with van der Waals surface area (Å²) in [7, 11) is 0. The number of amides is 1. The predicted octanol–water partition coefficient (Wildman–Crippen LogP) is 3.46. The average molecular weight is 324 g/mol. The number of aromatic nitrogens is 3. The molecule has 1 heterocycles. The Morgan fingerprint density at radius 2 is 1.87 bits per heavy atom. The molecule has 0 aliphatic rings. The third-order valence-corrected chi connectivity index (χ3v) is 4.25. The predicted molar refractivity (Wildman–Crippen MR) is 90.3 cm³/mol. The Labute approximate surface area is 138 Å². The molecular formula is C17H16N4OS.